The van der Waals surface area contributed by atoms with Crippen LogP contribution in [0.25, 0.3) is 0 Å². The third-order valence-electron chi connectivity index (χ3n) is 3.32. The molecule has 0 aliphatic rings. The normalized spacial score (nSPS) is 12.7. The van der Waals surface area contributed by atoms with Gasteiger partial charge in [0.1, 0.15) is 5.82 Å². The Labute approximate surface area is 108 Å². The first-order valence-electron chi connectivity index (χ1n) is 6.39. The quantitative estimate of drug-likeness (QED) is 0.826. The van der Waals surface area contributed by atoms with Crippen molar-refractivity contribution in [3.8, 4) is 0 Å². The predicted octanol–water partition coefficient (Wildman–Crippen LogP) is 4.13. The van der Waals surface area contributed by atoms with Crippen molar-refractivity contribution in [1.82, 2.24) is 0 Å². The van der Waals surface area contributed by atoms with Crippen LogP contribution in [0.3, 0.4) is 0 Å². The van der Waals surface area contributed by atoms with E-state index in [1.165, 1.54) is 6.07 Å². The van der Waals surface area contributed by atoms with Crippen LogP contribution in [0.2, 0.25) is 0 Å². The molecule has 0 aliphatic heterocycles. The first-order valence-corrected chi connectivity index (χ1v) is 6.39. The second kappa shape index (κ2) is 6.53. The lowest BCUT2D eigenvalue weighted by Gasteiger charge is -2.21. The molecule has 3 heteroatoms. The van der Waals surface area contributed by atoms with Gasteiger partial charge in [-0.3, -0.25) is 4.79 Å². The zero-order valence-electron chi connectivity index (χ0n) is 11.2. The number of carboxylic acids is 1. The molecule has 0 saturated heterocycles. The topological polar surface area (TPSA) is 37.3 Å². The lowest BCUT2D eigenvalue weighted by molar-refractivity contribution is -0.137. The maximum absolute atomic E-state index is 13.2. The highest BCUT2D eigenvalue weighted by molar-refractivity contribution is 5.66. The number of halogens is 1. The summed E-state index contributed by atoms with van der Waals surface area (Å²) in [6, 6.07) is 5.19. The molecule has 1 N–H and O–H groups in total. The Kier molecular flexibility index (Phi) is 5.32. The van der Waals surface area contributed by atoms with Gasteiger partial charge >= 0.3 is 5.97 Å². The second-order valence-electron chi connectivity index (χ2n) is 5.15. The van der Waals surface area contributed by atoms with Crippen LogP contribution in [0, 0.1) is 18.7 Å². The molecule has 0 radical (unpaired) electrons. The monoisotopic (exact) mass is 252 g/mol. The highest BCUT2D eigenvalue weighted by Gasteiger charge is 2.17. The third-order valence-corrected chi connectivity index (χ3v) is 3.32. The van der Waals surface area contributed by atoms with Crippen molar-refractivity contribution in [1.29, 1.82) is 0 Å². The van der Waals surface area contributed by atoms with Crippen LogP contribution >= 0.6 is 0 Å². The van der Waals surface area contributed by atoms with Crippen LogP contribution in [0.5, 0.6) is 0 Å². The van der Waals surface area contributed by atoms with Crippen LogP contribution in [-0.2, 0) is 4.79 Å². The van der Waals surface area contributed by atoms with Crippen LogP contribution in [-0.4, -0.2) is 11.1 Å². The molecule has 1 atom stereocenters. The highest BCUT2D eigenvalue weighted by atomic mass is 19.1. The second-order valence-corrected chi connectivity index (χ2v) is 5.15. The van der Waals surface area contributed by atoms with E-state index in [2.05, 4.69) is 13.8 Å². The fraction of sp³-hybridized carbons (Fsp3) is 0.533. The van der Waals surface area contributed by atoms with Crippen LogP contribution in [0.15, 0.2) is 18.2 Å². The molecule has 1 unspecified atom stereocenters. The Hall–Kier alpha value is -1.38. The number of rotatable bonds is 6. The van der Waals surface area contributed by atoms with Gasteiger partial charge in [-0.1, -0.05) is 26.0 Å². The Balaban J connectivity index is 2.77. The maximum Gasteiger partial charge on any atom is 0.303 e. The summed E-state index contributed by atoms with van der Waals surface area (Å²) >= 11 is 0. The average Bonchev–Trinajstić information content (AvgIpc) is 2.27. The van der Waals surface area contributed by atoms with E-state index in [4.69, 9.17) is 5.11 Å². The number of aliphatic carboxylic acids is 1. The van der Waals surface area contributed by atoms with Gasteiger partial charge in [0, 0.05) is 6.42 Å². The lowest BCUT2D eigenvalue weighted by Crippen LogP contribution is -2.08. The molecule has 1 aromatic rings. The van der Waals surface area contributed by atoms with Crippen molar-refractivity contribution in [2.24, 2.45) is 5.92 Å². The summed E-state index contributed by atoms with van der Waals surface area (Å²) in [5, 5.41) is 8.67. The van der Waals surface area contributed by atoms with Crippen LogP contribution < -0.4 is 0 Å². The third kappa shape index (κ3) is 4.13. The summed E-state index contributed by atoms with van der Waals surface area (Å²) in [6.07, 6.45) is 1.69. The fourth-order valence-corrected chi connectivity index (χ4v) is 2.26. The van der Waals surface area contributed by atoms with Crippen molar-refractivity contribution in [3.63, 3.8) is 0 Å². The minimum absolute atomic E-state index is 0.188. The van der Waals surface area contributed by atoms with Crippen molar-refractivity contribution in [3.05, 3.63) is 35.1 Å². The van der Waals surface area contributed by atoms with Gasteiger partial charge in [0.05, 0.1) is 0 Å². The minimum Gasteiger partial charge on any atom is -0.481 e. The smallest absolute Gasteiger partial charge is 0.303 e. The number of benzene rings is 1. The van der Waals surface area contributed by atoms with E-state index in [-0.39, 0.29) is 12.2 Å². The largest absolute Gasteiger partial charge is 0.481 e. The van der Waals surface area contributed by atoms with Crippen molar-refractivity contribution in [2.75, 3.05) is 0 Å². The number of carboxylic acid groups (broad SMARTS) is 1. The number of hydrogen-bond donors (Lipinski definition) is 1. The molecule has 1 rings (SSSR count). The predicted molar refractivity (Wildman–Crippen MR) is 70.2 cm³/mol. The van der Waals surface area contributed by atoms with Crippen LogP contribution in [0.4, 0.5) is 4.39 Å². The molecule has 0 spiro atoms. The first-order chi connectivity index (χ1) is 8.41. The summed E-state index contributed by atoms with van der Waals surface area (Å²) in [7, 11) is 0. The van der Waals surface area contributed by atoms with Crippen molar-refractivity contribution in [2.45, 2.75) is 46.0 Å². The Morgan fingerprint density at radius 3 is 2.56 bits per heavy atom. The Bertz CT molecular complexity index is 413. The highest BCUT2D eigenvalue weighted by Crippen LogP contribution is 2.30. The number of aryl methyl sites for hydroxylation is 1. The van der Waals surface area contributed by atoms with Gasteiger partial charge in [0.15, 0.2) is 0 Å². The van der Waals surface area contributed by atoms with Gasteiger partial charge in [0.25, 0.3) is 0 Å². The van der Waals surface area contributed by atoms with E-state index in [0.717, 1.165) is 12.0 Å². The molecule has 0 saturated carbocycles. The summed E-state index contributed by atoms with van der Waals surface area (Å²) < 4.78 is 13.2. The summed E-state index contributed by atoms with van der Waals surface area (Å²) in [5.41, 5.74) is 1.76. The zero-order chi connectivity index (χ0) is 13.7. The van der Waals surface area contributed by atoms with Gasteiger partial charge in [-0.25, -0.2) is 4.39 Å². The molecule has 2 nitrogen and oxygen atoms in total. The van der Waals surface area contributed by atoms with Crippen molar-refractivity contribution >= 4 is 5.97 Å². The SMILES string of the molecule is Cc1cc(C(CCCC(=O)O)C(C)C)ccc1F. The molecule has 0 aromatic heterocycles. The van der Waals surface area contributed by atoms with E-state index in [0.29, 0.717) is 23.8 Å². The van der Waals surface area contributed by atoms with E-state index >= 15 is 0 Å². The molecule has 0 heterocycles. The van der Waals surface area contributed by atoms with E-state index in [9.17, 15) is 9.18 Å². The molecule has 0 fully saturated rings. The van der Waals surface area contributed by atoms with Gasteiger partial charge < -0.3 is 5.11 Å². The van der Waals surface area contributed by atoms with E-state index in [1.54, 1.807) is 6.92 Å². The van der Waals surface area contributed by atoms with Gasteiger partial charge in [-0.2, -0.15) is 0 Å². The first kappa shape index (κ1) is 14.7. The minimum atomic E-state index is -0.757. The van der Waals surface area contributed by atoms with Crippen molar-refractivity contribution < 1.29 is 14.3 Å². The van der Waals surface area contributed by atoms with Gasteiger partial charge in [0.2, 0.25) is 0 Å². The molecule has 18 heavy (non-hydrogen) atoms. The molecule has 0 bridgehead atoms. The van der Waals surface area contributed by atoms with Crippen LogP contribution in [0.1, 0.15) is 50.2 Å². The molecule has 0 aliphatic carbocycles. The molecular weight excluding hydrogens is 231 g/mol. The summed E-state index contributed by atoms with van der Waals surface area (Å²) in [4.78, 5) is 10.5. The summed E-state index contributed by atoms with van der Waals surface area (Å²) in [5.74, 6) is -0.230. The Morgan fingerprint density at radius 1 is 1.39 bits per heavy atom. The van der Waals surface area contributed by atoms with Gasteiger partial charge in [-0.05, 0) is 48.8 Å². The standard InChI is InChI=1S/C15H21FO2/c1-10(2)13(5-4-6-15(17)18)12-7-8-14(16)11(3)9-12/h7-10,13H,4-6H2,1-3H3,(H,17,18). The number of hydrogen-bond acceptors (Lipinski definition) is 1. The molecule has 0 amide bonds. The zero-order valence-corrected chi connectivity index (χ0v) is 11.2. The molecule has 100 valence electrons. The molecular formula is C15H21FO2. The fourth-order valence-electron chi connectivity index (χ4n) is 2.26. The maximum atomic E-state index is 13.2. The number of carbonyl (C=O) groups is 1. The van der Waals surface area contributed by atoms with Gasteiger partial charge in [-0.15, -0.1) is 0 Å². The average molecular weight is 252 g/mol. The summed E-state index contributed by atoms with van der Waals surface area (Å²) in [6.45, 7) is 5.99. The Morgan fingerprint density at radius 2 is 2.06 bits per heavy atom. The van der Waals surface area contributed by atoms with E-state index < -0.39 is 5.97 Å². The lowest BCUT2D eigenvalue weighted by atomic mass is 9.84. The molecule has 1 aromatic carbocycles. The van der Waals surface area contributed by atoms with E-state index in [1.807, 2.05) is 12.1 Å².